The molecule has 0 aliphatic rings. The van der Waals surface area contributed by atoms with Crippen LogP contribution in [-0.4, -0.2) is 0 Å². The molecule has 7 aromatic carbocycles. The smallest absolute Gasteiger partial charge is 0.135 e. The molecule has 0 radical (unpaired) electrons. The summed E-state index contributed by atoms with van der Waals surface area (Å²) in [6.45, 7) is 0. The van der Waals surface area contributed by atoms with Crippen LogP contribution in [0.15, 0.2) is 144 Å². The van der Waals surface area contributed by atoms with E-state index in [1.807, 2.05) is 12.1 Å². The number of rotatable bonds is 3. The zero-order valence-electron chi connectivity index (χ0n) is 20.6. The van der Waals surface area contributed by atoms with Crippen LogP contribution >= 0.6 is 0 Å². The van der Waals surface area contributed by atoms with Crippen molar-refractivity contribution >= 4 is 71.3 Å². The van der Waals surface area contributed by atoms with Gasteiger partial charge in [0.25, 0.3) is 0 Å². The number of fused-ring (bicyclic) bond motifs is 8. The van der Waals surface area contributed by atoms with E-state index in [9.17, 15) is 0 Å². The predicted molar refractivity (Wildman–Crippen MR) is 161 cm³/mol. The molecular formula is C36H23NO. The highest BCUT2D eigenvalue weighted by Crippen LogP contribution is 2.44. The van der Waals surface area contributed by atoms with Crippen molar-refractivity contribution in [3.8, 4) is 0 Å². The fourth-order valence-electron chi connectivity index (χ4n) is 5.88. The summed E-state index contributed by atoms with van der Waals surface area (Å²) in [5, 5.41) is 9.76. The highest BCUT2D eigenvalue weighted by Gasteiger charge is 2.19. The Hall–Kier alpha value is -5.08. The number of hydrogen-bond acceptors (Lipinski definition) is 2. The van der Waals surface area contributed by atoms with E-state index in [2.05, 4.69) is 132 Å². The van der Waals surface area contributed by atoms with Crippen LogP contribution in [0.3, 0.4) is 0 Å². The second-order valence-electron chi connectivity index (χ2n) is 9.77. The molecule has 2 nitrogen and oxygen atoms in total. The van der Waals surface area contributed by atoms with Crippen molar-refractivity contribution < 1.29 is 4.42 Å². The van der Waals surface area contributed by atoms with Crippen LogP contribution in [0, 0.1) is 0 Å². The van der Waals surface area contributed by atoms with Crippen LogP contribution < -0.4 is 4.90 Å². The fraction of sp³-hybridized carbons (Fsp3) is 0. The van der Waals surface area contributed by atoms with Crippen molar-refractivity contribution in [3.05, 3.63) is 140 Å². The van der Waals surface area contributed by atoms with E-state index < -0.39 is 0 Å². The molecule has 8 rings (SSSR count). The van der Waals surface area contributed by atoms with Gasteiger partial charge in [-0.3, -0.25) is 0 Å². The van der Waals surface area contributed by atoms with Gasteiger partial charge in [0.2, 0.25) is 0 Å². The van der Waals surface area contributed by atoms with Crippen LogP contribution in [0.2, 0.25) is 0 Å². The Labute approximate surface area is 220 Å². The van der Waals surface area contributed by atoms with E-state index in [4.69, 9.17) is 4.42 Å². The third-order valence-corrected chi connectivity index (χ3v) is 7.62. The van der Waals surface area contributed by atoms with Gasteiger partial charge in [0.05, 0.1) is 5.69 Å². The summed E-state index contributed by atoms with van der Waals surface area (Å²) in [7, 11) is 0. The molecule has 0 amide bonds. The van der Waals surface area contributed by atoms with Crippen LogP contribution in [0.4, 0.5) is 17.1 Å². The first-order valence-electron chi connectivity index (χ1n) is 12.9. The summed E-state index contributed by atoms with van der Waals surface area (Å²) in [5.41, 5.74) is 5.18. The topological polar surface area (TPSA) is 16.4 Å². The molecule has 2 heteroatoms. The number of benzene rings is 7. The molecule has 0 bridgehead atoms. The van der Waals surface area contributed by atoms with Gasteiger partial charge in [-0.25, -0.2) is 0 Å². The Balaban J connectivity index is 1.49. The first kappa shape index (κ1) is 21.0. The maximum Gasteiger partial charge on any atom is 0.135 e. The van der Waals surface area contributed by atoms with E-state index in [-0.39, 0.29) is 0 Å². The van der Waals surface area contributed by atoms with Crippen LogP contribution in [0.5, 0.6) is 0 Å². The minimum absolute atomic E-state index is 0.900. The van der Waals surface area contributed by atoms with Gasteiger partial charge >= 0.3 is 0 Å². The Morgan fingerprint density at radius 1 is 0.368 bits per heavy atom. The number of furan rings is 1. The largest absolute Gasteiger partial charge is 0.456 e. The Morgan fingerprint density at radius 2 is 1.03 bits per heavy atom. The summed E-state index contributed by atoms with van der Waals surface area (Å²) >= 11 is 0. The maximum atomic E-state index is 6.16. The molecule has 0 aliphatic heterocycles. The molecule has 0 atom stereocenters. The Bertz CT molecular complexity index is 2140. The molecular weight excluding hydrogens is 462 g/mol. The molecule has 8 aromatic rings. The second-order valence-corrected chi connectivity index (χ2v) is 9.77. The Kier molecular flexibility index (Phi) is 4.55. The van der Waals surface area contributed by atoms with Crippen molar-refractivity contribution in [2.45, 2.75) is 0 Å². The standard InChI is InChI=1S/C36H23NO/c1-2-11-25(12-3-1)37(26-19-21-36-33(22-26)31-16-8-9-17-35(31)38-36)34-23-32-27-13-5-4-10-24(27)18-20-29(32)28-14-6-7-15-30(28)34/h1-23H. The summed E-state index contributed by atoms with van der Waals surface area (Å²) in [6.07, 6.45) is 0. The molecule has 1 aromatic heterocycles. The molecule has 0 fully saturated rings. The fourth-order valence-corrected chi connectivity index (χ4v) is 5.88. The number of nitrogens with zero attached hydrogens (tertiary/aromatic N) is 1. The van der Waals surface area contributed by atoms with Crippen molar-refractivity contribution in [2.24, 2.45) is 0 Å². The average molecular weight is 486 g/mol. The molecule has 0 unspecified atom stereocenters. The second kappa shape index (κ2) is 8.22. The number of anilines is 3. The normalized spacial score (nSPS) is 11.7. The van der Waals surface area contributed by atoms with Gasteiger partial charge in [0.15, 0.2) is 0 Å². The minimum Gasteiger partial charge on any atom is -0.456 e. The predicted octanol–water partition coefficient (Wildman–Crippen LogP) is 10.5. The monoisotopic (exact) mass is 485 g/mol. The molecule has 38 heavy (non-hydrogen) atoms. The van der Waals surface area contributed by atoms with Gasteiger partial charge < -0.3 is 9.32 Å². The minimum atomic E-state index is 0.900. The molecule has 178 valence electrons. The summed E-state index contributed by atoms with van der Waals surface area (Å²) in [6, 6.07) is 49.7. The van der Waals surface area contributed by atoms with Crippen molar-refractivity contribution in [1.82, 2.24) is 0 Å². The van der Waals surface area contributed by atoms with Crippen LogP contribution in [0.1, 0.15) is 0 Å². The van der Waals surface area contributed by atoms with Gasteiger partial charge in [-0.1, -0.05) is 97.1 Å². The summed E-state index contributed by atoms with van der Waals surface area (Å²) in [5.74, 6) is 0. The molecule has 0 spiro atoms. The molecule has 0 saturated heterocycles. The SMILES string of the molecule is c1ccc(N(c2ccc3oc4ccccc4c3c2)c2cc3c4ccccc4ccc3c3ccccc23)cc1. The third-order valence-electron chi connectivity index (χ3n) is 7.62. The van der Waals surface area contributed by atoms with E-state index in [0.29, 0.717) is 0 Å². The Morgan fingerprint density at radius 3 is 1.89 bits per heavy atom. The lowest BCUT2D eigenvalue weighted by atomic mass is 9.95. The first-order valence-corrected chi connectivity index (χ1v) is 12.9. The van der Waals surface area contributed by atoms with Gasteiger partial charge in [0.1, 0.15) is 11.2 Å². The van der Waals surface area contributed by atoms with Crippen LogP contribution in [0.25, 0.3) is 54.3 Å². The molecule has 0 N–H and O–H groups in total. The van der Waals surface area contributed by atoms with E-state index in [0.717, 1.165) is 39.0 Å². The van der Waals surface area contributed by atoms with Gasteiger partial charge in [0, 0.05) is 27.5 Å². The number of hydrogen-bond donors (Lipinski definition) is 0. The highest BCUT2D eigenvalue weighted by molar-refractivity contribution is 6.21. The zero-order chi connectivity index (χ0) is 25.1. The molecule has 0 saturated carbocycles. The third kappa shape index (κ3) is 3.14. The quantitative estimate of drug-likeness (QED) is 0.231. The van der Waals surface area contributed by atoms with Crippen molar-refractivity contribution in [3.63, 3.8) is 0 Å². The van der Waals surface area contributed by atoms with Crippen molar-refractivity contribution in [1.29, 1.82) is 0 Å². The lowest BCUT2D eigenvalue weighted by Crippen LogP contribution is -2.10. The zero-order valence-corrected chi connectivity index (χ0v) is 20.6. The van der Waals surface area contributed by atoms with Gasteiger partial charge in [-0.05, 0) is 69.4 Å². The highest BCUT2D eigenvalue weighted by atomic mass is 16.3. The summed E-state index contributed by atoms with van der Waals surface area (Å²) < 4.78 is 6.16. The van der Waals surface area contributed by atoms with E-state index >= 15 is 0 Å². The molecule has 0 aliphatic carbocycles. The van der Waals surface area contributed by atoms with E-state index in [1.165, 1.54) is 32.3 Å². The number of para-hydroxylation sites is 2. The van der Waals surface area contributed by atoms with Crippen LogP contribution in [-0.2, 0) is 0 Å². The maximum absolute atomic E-state index is 6.16. The van der Waals surface area contributed by atoms with Gasteiger partial charge in [-0.15, -0.1) is 0 Å². The summed E-state index contributed by atoms with van der Waals surface area (Å²) in [4.78, 5) is 2.38. The van der Waals surface area contributed by atoms with E-state index in [1.54, 1.807) is 0 Å². The van der Waals surface area contributed by atoms with Crippen molar-refractivity contribution in [2.75, 3.05) is 4.90 Å². The molecule has 1 heterocycles. The van der Waals surface area contributed by atoms with Gasteiger partial charge in [-0.2, -0.15) is 0 Å². The first-order chi connectivity index (χ1) is 18.8. The lowest BCUT2D eigenvalue weighted by Gasteiger charge is -2.28. The lowest BCUT2D eigenvalue weighted by molar-refractivity contribution is 0.669. The average Bonchev–Trinajstić information content (AvgIpc) is 3.36.